The number of hydrogen-bond acceptors (Lipinski definition) is 5. The number of carbonyl (C=O) groups is 3. The van der Waals surface area contributed by atoms with Crippen molar-refractivity contribution in [2.45, 2.75) is 20.3 Å². The highest BCUT2D eigenvalue weighted by Gasteiger charge is 2.24. The summed E-state index contributed by atoms with van der Waals surface area (Å²) in [4.78, 5) is 38.4. The lowest BCUT2D eigenvalue weighted by Crippen LogP contribution is -2.49. The third-order valence-corrected chi connectivity index (χ3v) is 4.02. The van der Waals surface area contributed by atoms with Gasteiger partial charge < -0.3 is 15.0 Å². The molecule has 1 aromatic rings. The molecule has 0 saturated carbocycles. The second kappa shape index (κ2) is 9.76. The summed E-state index contributed by atoms with van der Waals surface area (Å²) in [5.41, 5.74) is 0.632. The van der Waals surface area contributed by atoms with Gasteiger partial charge in [-0.15, -0.1) is 0 Å². The molecule has 0 aromatic heterocycles. The highest BCUT2D eigenvalue weighted by molar-refractivity contribution is 6.05. The van der Waals surface area contributed by atoms with Gasteiger partial charge in [0, 0.05) is 50.9 Å². The Hall–Kier alpha value is -2.61. The third kappa shape index (κ3) is 5.19. The summed E-state index contributed by atoms with van der Waals surface area (Å²) in [5.74, 6) is 0.189. The molecule has 4 amide bonds. The lowest BCUT2D eigenvalue weighted by Gasteiger charge is -2.28. The number of imide groups is 1. The number of amides is 4. The Labute approximate surface area is 153 Å². The molecule has 8 heteroatoms. The SMILES string of the molecule is CC.O=C1CCN(c2cccc(OCC(=O)N3CCNCC3)c2)C(=O)N1. The van der Waals surface area contributed by atoms with E-state index in [1.54, 1.807) is 29.2 Å². The molecule has 2 aliphatic heterocycles. The van der Waals surface area contributed by atoms with E-state index in [9.17, 15) is 14.4 Å². The minimum absolute atomic E-state index is 0.0336. The molecule has 3 rings (SSSR count). The van der Waals surface area contributed by atoms with Crippen LogP contribution in [0.4, 0.5) is 10.5 Å². The van der Waals surface area contributed by atoms with E-state index in [2.05, 4.69) is 10.6 Å². The van der Waals surface area contributed by atoms with Gasteiger partial charge in [-0.05, 0) is 12.1 Å². The summed E-state index contributed by atoms with van der Waals surface area (Å²) in [6.45, 7) is 7.25. The van der Waals surface area contributed by atoms with E-state index < -0.39 is 6.03 Å². The van der Waals surface area contributed by atoms with Gasteiger partial charge in [0.05, 0.1) is 0 Å². The van der Waals surface area contributed by atoms with E-state index in [4.69, 9.17) is 4.74 Å². The van der Waals surface area contributed by atoms with Gasteiger partial charge in [0.2, 0.25) is 5.91 Å². The topological polar surface area (TPSA) is 91.0 Å². The van der Waals surface area contributed by atoms with Crippen molar-refractivity contribution >= 4 is 23.5 Å². The van der Waals surface area contributed by atoms with Crippen LogP contribution < -0.4 is 20.3 Å². The first-order valence-corrected chi connectivity index (χ1v) is 8.96. The van der Waals surface area contributed by atoms with Crippen molar-refractivity contribution in [2.75, 3.05) is 44.2 Å². The standard InChI is InChI=1S/C16H20N4O4.C2H6/c21-14-4-7-20(16(23)18-14)12-2-1-3-13(10-12)24-11-15(22)19-8-5-17-6-9-19;1-2/h1-3,10,17H,4-9,11H2,(H,18,21,23);1-2H3. The molecule has 0 atom stereocenters. The average Bonchev–Trinajstić information content (AvgIpc) is 2.68. The van der Waals surface area contributed by atoms with E-state index in [-0.39, 0.29) is 24.8 Å². The first-order chi connectivity index (χ1) is 12.6. The monoisotopic (exact) mass is 362 g/mol. The van der Waals surface area contributed by atoms with Crippen molar-refractivity contribution in [2.24, 2.45) is 0 Å². The van der Waals surface area contributed by atoms with Gasteiger partial charge in [-0.2, -0.15) is 0 Å². The molecule has 2 saturated heterocycles. The maximum absolute atomic E-state index is 12.1. The number of piperazine rings is 1. The molecule has 142 valence electrons. The number of benzene rings is 1. The zero-order valence-corrected chi connectivity index (χ0v) is 15.3. The summed E-state index contributed by atoms with van der Waals surface area (Å²) in [6, 6.07) is 6.51. The lowest BCUT2D eigenvalue weighted by molar-refractivity contribution is -0.133. The van der Waals surface area contributed by atoms with E-state index in [1.807, 2.05) is 13.8 Å². The number of anilines is 1. The summed E-state index contributed by atoms with van der Waals surface area (Å²) >= 11 is 0. The largest absolute Gasteiger partial charge is 0.484 e. The fourth-order valence-electron chi connectivity index (χ4n) is 2.70. The van der Waals surface area contributed by atoms with Gasteiger partial charge in [0.25, 0.3) is 5.91 Å². The Bertz CT molecular complexity index is 644. The molecular weight excluding hydrogens is 336 g/mol. The van der Waals surface area contributed by atoms with E-state index in [0.717, 1.165) is 13.1 Å². The van der Waals surface area contributed by atoms with Crippen molar-refractivity contribution < 1.29 is 19.1 Å². The average molecular weight is 362 g/mol. The molecule has 2 N–H and O–H groups in total. The molecule has 2 aliphatic rings. The Morgan fingerprint density at radius 2 is 1.88 bits per heavy atom. The molecule has 0 spiro atoms. The van der Waals surface area contributed by atoms with Crippen LogP contribution in [0.25, 0.3) is 0 Å². The first kappa shape index (κ1) is 19.7. The number of nitrogens with one attached hydrogen (secondary N) is 2. The number of urea groups is 1. The lowest BCUT2D eigenvalue weighted by atomic mass is 10.2. The highest BCUT2D eigenvalue weighted by atomic mass is 16.5. The van der Waals surface area contributed by atoms with Crippen molar-refractivity contribution in [3.05, 3.63) is 24.3 Å². The number of hydrogen-bond donors (Lipinski definition) is 2. The minimum Gasteiger partial charge on any atom is -0.484 e. The quantitative estimate of drug-likeness (QED) is 0.833. The van der Waals surface area contributed by atoms with Crippen LogP contribution in [0.3, 0.4) is 0 Å². The molecule has 26 heavy (non-hydrogen) atoms. The number of ether oxygens (including phenoxy) is 1. The van der Waals surface area contributed by atoms with Crippen LogP contribution in [-0.4, -0.2) is 62.1 Å². The fourth-order valence-corrected chi connectivity index (χ4v) is 2.70. The third-order valence-electron chi connectivity index (χ3n) is 4.02. The van der Waals surface area contributed by atoms with E-state index in [0.29, 0.717) is 31.1 Å². The van der Waals surface area contributed by atoms with Crippen molar-refractivity contribution in [1.82, 2.24) is 15.5 Å². The highest BCUT2D eigenvalue weighted by Crippen LogP contribution is 2.22. The molecule has 8 nitrogen and oxygen atoms in total. The minimum atomic E-state index is -0.444. The van der Waals surface area contributed by atoms with Crippen LogP contribution in [0.2, 0.25) is 0 Å². The van der Waals surface area contributed by atoms with Crippen molar-refractivity contribution in [1.29, 1.82) is 0 Å². The predicted molar refractivity (Wildman–Crippen MR) is 98.2 cm³/mol. The van der Waals surface area contributed by atoms with Crippen LogP contribution in [0.15, 0.2) is 24.3 Å². The maximum atomic E-state index is 12.1. The van der Waals surface area contributed by atoms with Crippen LogP contribution in [0.5, 0.6) is 5.75 Å². The van der Waals surface area contributed by atoms with Gasteiger partial charge in [0.1, 0.15) is 5.75 Å². The van der Waals surface area contributed by atoms with Crippen LogP contribution in [0.1, 0.15) is 20.3 Å². The summed E-state index contributed by atoms with van der Waals surface area (Å²) in [7, 11) is 0. The van der Waals surface area contributed by atoms with Gasteiger partial charge in [-0.3, -0.25) is 19.8 Å². The molecular formula is C18H26N4O4. The molecule has 1 aromatic carbocycles. The Morgan fingerprint density at radius 1 is 1.15 bits per heavy atom. The van der Waals surface area contributed by atoms with Crippen molar-refractivity contribution in [3.63, 3.8) is 0 Å². The molecule has 0 radical (unpaired) electrons. The molecule has 0 bridgehead atoms. The van der Waals surface area contributed by atoms with Gasteiger partial charge in [-0.1, -0.05) is 19.9 Å². The normalized spacial score (nSPS) is 17.2. The molecule has 0 aliphatic carbocycles. The second-order valence-corrected chi connectivity index (χ2v) is 5.67. The zero-order valence-electron chi connectivity index (χ0n) is 15.3. The van der Waals surface area contributed by atoms with Crippen molar-refractivity contribution in [3.8, 4) is 5.75 Å². The fraction of sp³-hybridized carbons (Fsp3) is 0.500. The van der Waals surface area contributed by atoms with E-state index >= 15 is 0 Å². The van der Waals surface area contributed by atoms with Gasteiger partial charge >= 0.3 is 6.03 Å². The van der Waals surface area contributed by atoms with E-state index in [1.165, 1.54) is 4.90 Å². The Balaban J connectivity index is 0.00000117. The molecule has 2 heterocycles. The molecule has 0 unspecified atom stereocenters. The second-order valence-electron chi connectivity index (χ2n) is 5.67. The zero-order chi connectivity index (χ0) is 18.9. The van der Waals surface area contributed by atoms with Crippen LogP contribution in [-0.2, 0) is 9.59 Å². The number of rotatable bonds is 4. The molecule has 2 fully saturated rings. The van der Waals surface area contributed by atoms with Gasteiger partial charge in [0.15, 0.2) is 6.61 Å². The predicted octanol–water partition coefficient (Wildman–Crippen LogP) is 0.970. The van der Waals surface area contributed by atoms with Crippen LogP contribution >= 0.6 is 0 Å². The number of carbonyl (C=O) groups excluding carboxylic acids is 3. The smallest absolute Gasteiger partial charge is 0.328 e. The van der Waals surface area contributed by atoms with Crippen LogP contribution in [0, 0.1) is 0 Å². The first-order valence-electron chi connectivity index (χ1n) is 8.96. The Morgan fingerprint density at radius 3 is 2.58 bits per heavy atom. The van der Waals surface area contributed by atoms with Gasteiger partial charge in [-0.25, -0.2) is 4.79 Å². The Kier molecular flexibility index (Phi) is 7.40. The summed E-state index contributed by atoms with van der Waals surface area (Å²) in [6.07, 6.45) is 0.262. The number of nitrogens with zero attached hydrogens (tertiary/aromatic N) is 2. The summed E-state index contributed by atoms with van der Waals surface area (Å²) in [5, 5.41) is 5.47. The summed E-state index contributed by atoms with van der Waals surface area (Å²) < 4.78 is 5.57. The maximum Gasteiger partial charge on any atom is 0.328 e.